The van der Waals surface area contributed by atoms with E-state index in [0.29, 0.717) is 48.4 Å². The van der Waals surface area contributed by atoms with Gasteiger partial charge >= 0.3 is 0 Å². The number of nitrogen functional groups attached to an aromatic ring is 2. The van der Waals surface area contributed by atoms with Crippen LogP contribution in [0.2, 0.25) is 0 Å². The summed E-state index contributed by atoms with van der Waals surface area (Å²) in [5.41, 5.74) is 21.7. The molecule has 16 heteroatoms. The largest absolute Gasteiger partial charge is 0.388 e. The Morgan fingerprint density at radius 2 is 1.06 bits per heavy atom. The molecule has 2 saturated heterocycles. The molecule has 0 radical (unpaired) electrons. The molecular formula is C38H44N12O4. The summed E-state index contributed by atoms with van der Waals surface area (Å²) in [5.74, 6) is 3.39. The molecule has 4 atom stereocenters. The van der Waals surface area contributed by atoms with Gasteiger partial charge in [0, 0.05) is 59.5 Å². The lowest BCUT2D eigenvalue weighted by Gasteiger charge is -2.17. The third-order valence-electron chi connectivity index (χ3n) is 12.5. The van der Waals surface area contributed by atoms with Crippen LogP contribution in [0, 0.1) is 0 Å². The molecule has 0 unspecified atom stereocenters. The second-order valence-corrected chi connectivity index (χ2v) is 15.9. The Labute approximate surface area is 309 Å². The van der Waals surface area contributed by atoms with Crippen LogP contribution in [0.3, 0.4) is 0 Å². The molecule has 16 nitrogen and oxygen atoms in total. The van der Waals surface area contributed by atoms with E-state index in [4.69, 9.17) is 20.5 Å². The molecule has 12 rings (SSSR count). The molecule has 280 valence electrons. The van der Waals surface area contributed by atoms with Crippen molar-refractivity contribution in [2.24, 2.45) is 0 Å². The molecule has 6 aromatic rings. The average molecular weight is 733 g/mol. The molecule has 4 aliphatic carbocycles. The van der Waals surface area contributed by atoms with Crippen molar-refractivity contribution in [2.75, 3.05) is 37.6 Å². The van der Waals surface area contributed by atoms with Crippen LogP contribution in [0.1, 0.15) is 122 Å². The molecule has 6 aliphatic rings. The quantitative estimate of drug-likeness (QED) is 0.150. The van der Waals surface area contributed by atoms with Gasteiger partial charge in [0.15, 0.2) is 0 Å². The van der Waals surface area contributed by atoms with E-state index in [9.17, 15) is 10.2 Å². The van der Waals surface area contributed by atoms with Crippen molar-refractivity contribution in [3.63, 3.8) is 0 Å². The van der Waals surface area contributed by atoms with Crippen molar-refractivity contribution in [3.8, 4) is 22.5 Å². The van der Waals surface area contributed by atoms with E-state index >= 15 is 0 Å². The predicted molar refractivity (Wildman–Crippen MR) is 198 cm³/mol. The van der Waals surface area contributed by atoms with Gasteiger partial charge in [-0.2, -0.15) is 0 Å². The first-order valence-corrected chi connectivity index (χ1v) is 19.5. The molecule has 8 heterocycles. The number of hydrogen-bond donors (Lipinski definition) is 6. The Bertz CT molecular complexity index is 2260. The average Bonchev–Trinajstić information content (AvgIpc) is 3.78. The summed E-state index contributed by atoms with van der Waals surface area (Å²) >= 11 is 0. The molecule has 2 saturated carbocycles. The lowest BCUT2D eigenvalue weighted by Crippen LogP contribution is -2.16. The summed E-state index contributed by atoms with van der Waals surface area (Å²) in [7, 11) is 0. The minimum Gasteiger partial charge on any atom is -0.388 e. The van der Waals surface area contributed by atoms with Crippen LogP contribution in [-0.4, -0.2) is 75.8 Å². The van der Waals surface area contributed by atoms with E-state index < -0.39 is 12.2 Å². The highest BCUT2D eigenvalue weighted by Gasteiger charge is 2.41. The van der Waals surface area contributed by atoms with Gasteiger partial charge in [0.05, 0.1) is 34.1 Å². The second kappa shape index (κ2) is 12.3. The Morgan fingerprint density at radius 3 is 1.44 bits per heavy atom. The normalized spacial score (nSPS) is 24.8. The molecule has 0 spiro atoms. The smallest absolute Gasteiger partial charge is 0.146 e. The number of aliphatic hydroxyl groups excluding tert-OH is 2. The van der Waals surface area contributed by atoms with Gasteiger partial charge in [-0.1, -0.05) is 10.3 Å². The van der Waals surface area contributed by atoms with Crippen LogP contribution in [0.15, 0.2) is 21.7 Å². The molecule has 4 fully saturated rings. The van der Waals surface area contributed by atoms with Crippen LogP contribution in [-0.2, 0) is 12.8 Å². The fraction of sp³-hybridized carbons (Fsp3) is 0.526. The lowest BCUT2D eigenvalue weighted by molar-refractivity contribution is 0.165. The zero-order valence-corrected chi connectivity index (χ0v) is 30.0. The highest BCUT2D eigenvalue weighted by Crippen LogP contribution is 2.52. The van der Waals surface area contributed by atoms with E-state index in [2.05, 4.69) is 50.0 Å². The van der Waals surface area contributed by atoms with Gasteiger partial charge in [-0.15, -0.1) is 0 Å². The number of aliphatic hydroxyl groups is 2. The molecule has 0 aromatic carbocycles. The van der Waals surface area contributed by atoms with E-state index in [-0.39, 0.29) is 0 Å². The number of anilines is 2. The van der Waals surface area contributed by atoms with Crippen molar-refractivity contribution in [3.05, 3.63) is 46.7 Å². The maximum absolute atomic E-state index is 10.9. The van der Waals surface area contributed by atoms with Gasteiger partial charge in [-0.25, -0.2) is 19.9 Å². The summed E-state index contributed by atoms with van der Waals surface area (Å²) in [6, 6.07) is 0.637. The lowest BCUT2D eigenvalue weighted by atomic mass is 10.0. The Hall–Kier alpha value is -4.90. The van der Waals surface area contributed by atoms with Gasteiger partial charge in [0.1, 0.15) is 58.5 Å². The fourth-order valence-corrected chi connectivity index (χ4v) is 9.66. The molecular weight excluding hydrogens is 688 g/mol. The van der Waals surface area contributed by atoms with E-state index in [1.807, 2.05) is 0 Å². The van der Waals surface area contributed by atoms with Crippen molar-refractivity contribution in [2.45, 2.75) is 100 Å². The standard InChI is InChI=1S/2C19H22N6O2/c2*20-18-15-13-11(25(10-5-6-21-7-10)19(15)23-8-22-18)3-4-12(26)14-16(13)24-27-17(14)9-1-2-9/h2*8-10,12,21,26H,1-7H2,(H2,20,22,23)/t10-,12+;10-,12-/m11/s1. The van der Waals surface area contributed by atoms with E-state index in [1.54, 1.807) is 0 Å². The molecule has 8 N–H and O–H groups in total. The van der Waals surface area contributed by atoms with Gasteiger partial charge in [-0.05, 0) is 77.3 Å². The Kier molecular flexibility index (Phi) is 7.41. The number of nitrogens with zero attached hydrogens (tertiary/aromatic N) is 8. The van der Waals surface area contributed by atoms with Crippen molar-refractivity contribution in [1.82, 2.24) is 50.0 Å². The van der Waals surface area contributed by atoms with Crippen LogP contribution in [0.4, 0.5) is 11.6 Å². The summed E-state index contributed by atoms with van der Waals surface area (Å²) < 4.78 is 16.1. The number of rotatable bonds is 4. The monoisotopic (exact) mass is 732 g/mol. The number of aromatic nitrogens is 8. The zero-order chi connectivity index (χ0) is 36.2. The number of nitrogens with two attached hydrogens (primary N) is 2. The van der Waals surface area contributed by atoms with Crippen molar-refractivity contribution in [1.29, 1.82) is 0 Å². The first-order valence-electron chi connectivity index (χ1n) is 19.5. The second-order valence-electron chi connectivity index (χ2n) is 15.9. The molecule has 0 amide bonds. The van der Waals surface area contributed by atoms with Crippen LogP contribution >= 0.6 is 0 Å². The van der Waals surface area contributed by atoms with Gasteiger partial charge in [-0.3, -0.25) is 0 Å². The molecule has 54 heavy (non-hydrogen) atoms. The van der Waals surface area contributed by atoms with Crippen molar-refractivity contribution < 1.29 is 19.3 Å². The SMILES string of the molecule is Nc1ncnc2c1c1c(n2[C@@H]2CCNC2)CC[C@@H](O)c2c-1noc2C1CC1.Nc1ncnc2c1c1c(n2[C@@H]2CCNC2)CC[C@H](O)c2c-1noc2C1CC1. The Morgan fingerprint density at radius 1 is 0.611 bits per heavy atom. The van der Waals surface area contributed by atoms with Crippen LogP contribution in [0.25, 0.3) is 44.6 Å². The molecule has 0 bridgehead atoms. The molecule has 2 aliphatic heterocycles. The predicted octanol–water partition coefficient (Wildman–Crippen LogP) is 4.12. The zero-order valence-electron chi connectivity index (χ0n) is 30.0. The third kappa shape index (κ3) is 4.89. The number of hydrogen-bond acceptors (Lipinski definition) is 14. The third-order valence-corrected chi connectivity index (χ3v) is 12.5. The van der Waals surface area contributed by atoms with Crippen molar-refractivity contribution >= 4 is 33.7 Å². The minimum absolute atomic E-state index is 0.319. The summed E-state index contributed by atoms with van der Waals surface area (Å²) in [5, 5.41) is 39.2. The van der Waals surface area contributed by atoms with Gasteiger partial charge < -0.3 is 50.5 Å². The highest BCUT2D eigenvalue weighted by molar-refractivity contribution is 6.03. The molecule has 6 aromatic heterocycles. The van der Waals surface area contributed by atoms with Crippen LogP contribution < -0.4 is 22.1 Å². The number of nitrogens with one attached hydrogen (secondary N) is 2. The van der Waals surface area contributed by atoms with E-state index in [0.717, 1.165) is 156 Å². The van der Waals surface area contributed by atoms with E-state index in [1.165, 1.54) is 12.7 Å². The first kappa shape index (κ1) is 32.5. The maximum Gasteiger partial charge on any atom is 0.146 e. The Balaban J connectivity index is 0.000000126. The summed E-state index contributed by atoms with van der Waals surface area (Å²) in [4.78, 5) is 17.7. The fourth-order valence-electron chi connectivity index (χ4n) is 9.66. The highest BCUT2D eigenvalue weighted by atomic mass is 16.5. The van der Waals surface area contributed by atoms with Gasteiger partial charge in [0.2, 0.25) is 0 Å². The van der Waals surface area contributed by atoms with Crippen LogP contribution in [0.5, 0.6) is 0 Å². The topological polar surface area (TPSA) is 230 Å². The maximum atomic E-state index is 10.9. The summed E-state index contributed by atoms with van der Waals surface area (Å²) in [6.07, 6.45) is 11.2. The number of fused-ring (bicyclic) bond motifs is 10. The summed E-state index contributed by atoms with van der Waals surface area (Å²) in [6.45, 7) is 3.79. The first-order chi connectivity index (χ1) is 26.5. The minimum atomic E-state index is -0.565. The van der Waals surface area contributed by atoms with Gasteiger partial charge in [0.25, 0.3) is 0 Å².